The van der Waals surface area contributed by atoms with Gasteiger partial charge in [-0.15, -0.1) is 0 Å². The highest BCUT2D eigenvalue weighted by Gasteiger charge is 2.19. The average molecular weight is 326 g/mol. The lowest BCUT2D eigenvalue weighted by Gasteiger charge is -2.14. The first-order valence-electron chi connectivity index (χ1n) is 8.04. The van der Waals surface area contributed by atoms with E-state index in [-0.39, 0.29) is 11.9 Å². The molecule has 0 aromatic carbocycles. The van der Waals surface area contributed by atoms with Crippen LogP contribution in [0.15, 0.2) is 18.5 Å². The number of rotatable bonds is 4. The normalized spacial score (nSPS) is 12.5. The van der Waals surface area contributed by atoms with Gasteiger partial charge in [-0.2, -0.15) is 10.2 Å². The number of nitrogens with one attached hydrogen (secondary N) is 1. The standard InChI is InChI=1S/C17H22N6O/c1-6-23-9-15(12(4)21-23)11(3)20-17(24)13-7-10(2)19-16-14(13)8-18-22(16)5/h7-9,11H,6H2,1-5H3,(H,20,24)/t11-/m1/s1. The van der Waals surface area contributed by atoms with Crippen LogP contribution in [-0.2, 0) is 13.6 Å². The second-order valence-corrected chi connectivity index (χ2v) is 6.04. The Morgan fingerprint density at radius 3 is 2.79 bits per heavy atom. The van der Waals surface area contributed by atoms with E-state index in [0.717, 1.165) is 28.9 Å². The largest absolute Gasteiger partial charge is 0.345 e. The maximum absolute atomic E-state index is 12.8. The molecule has 3 aromatic heterocycles. The van der Waals surface area contributed by atoms with Gasteiger partial charge in [0.15, 0.2) is 5.65 Å². The van der Waals surface area contributed by atoms with Crippen LogP contribution >= 0.6 is 0 Å². The zero-order valence-electron chi connectivity index (χ0n) is 14.7. The van der Waals surface area contributed by atoms with Gasteiger partial charge in [0.2, 0.25) is 0 Å². The monoisotopic (exact) mass is 326 g/mol. The quantitative estimate of drug-likeness (QED) is 0.798. The summed E-state index contributed by atoms with van der Waals surface area (Å²) in [7, 11) is 1.82. The van der Waals surface area contributed by atoms with Crippen molar-refractivity contribution in [1.29, 1.82) is 0 Å². The molecule has 24 heavy (non-hydrogen) atoms. The first-order chi connectivity index (χ1) is 11.4. The number of carbonyl (C=O) groups is 1. The van der Waals surface area contributed by atoms with Crippen LogP contribution in [-0.4, -0.2) is 30.5 Å². The Hall–Kier alpha value is -2.70. The number of carbonyl (C=O) groups excluding carboxylic acids is 1. The van der Waals surface area contributed by atoms with E-state index in [2.05, 4.69) is 20.5 Å². The van der Waals surface area contributed by atoms with Crippen molar-refractivity contribution in [1.82, 2.24) is 29.9 Å². The number of fused-ring (bicyclic) bond motifs is 1. The molecule has 3 rings (SSSR count). The molecule has 1 amide bonds. The molecule has 126 valence electrons. The van der Waals surface area contributed by atoms with Crippen LogP contribution in [0.5, 0.6) is 0 Å². The zero-order chi connectivity index (χ0) is 17.4. The van der Waals surface area contributed by atoms with Crippen LogP contribution in [0.3, 0.4) is 0 Å². The Kier molecular flexibility index (Phi) is 4.09. The Labute approximate surface area is 140 Å². The third-order valence-corrected chi connectivity index (χ3v) is 4.20. The maximum Gasteiger partial charge on any atom is 0.252 e. The highest BCUT2D eigenvalue weighted by atomic mass is 16.1. The number of hydrogen-bond acceptors (Lipinski definition) is 4. The van der Waals surface area contributed by atoms with Crippen LogP contribution in [0.1, 0.15) is 47.2 Å². The predicted molar refractivity (Wildman–Crippen MR) is 91.8 cm³/mol. The van der Waals surface area contributed by atoms with Crippen molar-refractivity contribution in [3.05, 3.63) is 41.0 Å². The number of amides is 1. The lowest BCUT2D eigenvalue weighted by atomic mass is 10.1. The Bertz CT molecular complexity index is 907. The molecule has 0 aliphatic heterocycles. The SMILES string of the molecule is CCn1cc([C@@H](C)NC(=O)c2cc(C)nc3c2cnn3C)c(C)n1. The van der Waals surface area contributed by atoms with Crippen molar-refractivity contribution in [3.63, 3.8) is 0 Å². The van der Waals surface area contributed by atoms with Crippen molar-refractivity contribution in [2.75, 3.05) is 0 Å². The second-order valence-electron chi connectivity index (χ2n) is 6.04. The number of pyridine rings is 1. The van der Waals surface area contributed by atoms with Crippen LogP contribution in [0.2, 0.25) is 0 Å². The first kappa shape index (κ1) is 16.2. The maximum atomic E-state index is 12.8. The third-order valence-electron chi connectivity index (χ3n) is 4.20. The van der Waals surface area contributed by atoms with Gasteiger partial charge < -0.3 is 5.32 Å². The molecule has 0 spiro atoms. The highest BCUT2D eigenvalue weighted by molar-refractivity contribution is 6.05. The fourth-order valence-corrected chi connectivity index (χ4v) is 2.90. The number of nitrogens with zero attached hydrogens (tertiary/aromatic N) is 5. The van der Waals surface area contributed by atoms with E-state index < -0.39 is 0 Å². The minimum Gasteiger partial charge on any atom is -0.345 e. The van der Waals surface area contributed by atoms with E-state index in [1.54, 1.807) is 16.9 Å². The lowest BCUT2D eigenvalue weighted by molar-refractivity contribution is 0.0941. The summed E-state index contributed by atoms with van der Waals surface area (Å²) in [4.78, 5) is 17.2. The van der Waals surface area contributed by atoms with Gasteiger partial charge in [-0.3, -0.25) is 14.2 Å². The summed E-state index contributed by atoms with van der Waals surface area (Å²) in [5.74, 6) is -0.130. The Morgan fingerprint density at radius 2 is 2.12 bits per heavy atom. The second kappa shape index (κ2) is 6.07. The summed E-state index contributed by atoms with van der Waals surface area (Å²) >= 11 is 0. The molecule has 1 atom stereocenters. The molecular formula is C17H22N6O. The van der Waals surface area contributed by atoms with Gasteiger partial charge in [0.25, 0.3) is 5.91 Å². The summed E-state index contributed by atoms with van der Waals surface area (Å²) in [5, 5.41) is 12.5. The Morgan fingerprint density at radius 1 is 1.38 bits per heavy atom. The smallest absolute Gasteiger partial charge is 0.252 e. The molecule has 0 aliphatic carbocycles. The predicted octanol–water partition coefficient (Wildman–Crippen LogP) is 2.29. The van der Waals surface area contributed by atoms with E-state index in [1.807, 2.05) is 45.6 Å². The average Bonchev–Trinajstić information content (AvgIpc) is 3.10. The molecule has 0 fully saturated rings. The van der Waals surface area contributed by atoms with Gasteiger partial charge in [-0.05, 0) is 33.8 Å². The molecule has 1 N–H and O–H groups in total. The number of aromatic nitrogens is 5. The molecule has 0 aliphatic rings. The first-order valence-corrected chi connectivity index (χ1v) is 8.04. The minimum atomic E-state index is -0.130. The Balaban J connectivity index is 1.91. The molecule has 0 radical (unpaired) electrons. The molecule has 3 aromatic rings. The van der Waals surface area contributed by atoms with Crippen LogP contribution in [0, 0.1) is 13.8 Å². The van der Waals surface area contributed by atoms with E-state index in [1.165, 1.54) is 0 Å². The summed E-state index contributed by atoms with van der Waals surface area (Å²) in [6.45, 7) is 8.65. The number of aryl methyl sites for hydroxylation is 4. The van der Waals surface area contributed by atoms with Gasteiger partial charge >= 0.3 is 0 Å². The van der Waals surface area contributed by atoms with Gasteiger partial charge in [0, 0.05) is 31.0 Å². The van der Waals surface area contributed by atoms with Gasteiger partial charge in [-0.1, -0.05) is 0 Å². The minimum absolute atomic E-state index is 0.127. The van der Waals surface area contributed by atoms with Crippen LogP contribution < -0.4 is 5.32 Å². The van der Waals surface area contributed by atoms with Crippen LogP contribution in [0.25, 0.3) is 11.0 Å². The van der Waals surface area contributed by atoms with E-state index in [9.17, 15) is 4.79 Å². The molecule has 0 saturated heterocycles. The van der Waals surface area contributed by atoms with Crippen molar-refractivity contribution < 1.29 is 4.79 Å². The molecule has 7 heteroatoms. The van der Waals surface area contributed by atoms with Gasteiger partial charge in [0.05, 0.1) is 28.9 Å². The fourth-order valence-electron chi connectivity index (χ4n) is 2.90. The van der Waals surface area contributed by atoms with Crippen molar-refractivity contribution in [2.24, 2.45) is 7.05 Å². The summed E-state index contributed by atoms with van der Waals surface area (Å²) in [5.41, 5.74) is 4.06. The van der Waals surface area contributed by atoms with Crippen molar-refractivity contribution in [3.8, 4) is 0 Å². The molecular weight excluding hydrogens is 304 g/mol. The van der Waals surface area contributed by atoms with E-state index >= 15 is 0 Å². The molecule has 7 nitrogen and oxygen atoms in total. The fraction of sp³-hybridized carbons (Fsp3) is 0.412. The zero-order valence-corrected chi connectivity index (χ0v) is 14.7. The topological polar surface area (TPSA) is 77.6 Å². The molecule has 0 bridgehead atoms. The molecule has 0 unspecified atom stereocenters. The van der Waals surface area contributed by atoms with E-state index in [4.69, 9.17) is 0 Å². The lowest BCUT2D eigenvalue weighted by Crippen LogP contribution is -2.27. The van der Waals surface area contributed by atoms with Gasteiger partial charge in [-0.25, -0.2) is 4.98 Å². The molecule has 0 saturated carbocycles. The van der Waals surface area contributed by atoms with Crippen molar-refractivity contribution >= 4 is 16.9 Å². The van der Waals surface area contributed by atoms with E-state index in [0.29, 0.717) is 11.2 Å². The number of hydrogen-bond donors (Lipinski definition) is 1. The van der Waals surface area contributed by atoms with Crippen LogP contribution in [0.4, 0.5) is 0 Å². The van der Waals surface area contributed by atoms with Gasteiger partial charge in [0.1, 0.15) is 0 Å². The summed E-state index contributed by atoms with van der Waals surface area (Å²) in [6, 6.07) is 1.67. The highest BCUT2D eigenvalue weighted by Crippen LogP contribution is 2.20. The third kappa shape index (κ3) is 2.77. The molecule has 3 heterocycles. The summed E-state index contributed by atoms with van der Waals surface area (Å²) < 4.78 is 3.56. The van der Waals surface area contributed by atoms with Crippen molar-refractivity contribution in [2.45, 2.75) is 40.3 Å². The summed E-state index contributed by atoms with van der Waals surface area (Å²) in [6.07, 6.45) is 3.67.